The van der Waals surface area contributed by atoms with Crippen molar-refractivity contribution in [2.24, 2.45) is 0 Å². The summed E-state index contributed by atoms with van der Waals surface area (Å²) >= 11 is 0. The number of nitro benzene ring substituents is 1. The van der Waals surface area contributed by atoms with Gasteiger partial charge in [-0.2, -0.15) is 0 Å². The maximum atomic E-state index is 10.9. The average Bonchev–Trinajstić information content (AvgIpc) is 3.22. The molecule has 2 heterocycles. The Morgan fingerprint density at radius 2 is 2.04 bits per heavy atom. The number of imidazole rings is 1. The SMILES string of the molecule is C=CCn1cccc1C(c1ccc([N+](=O)[O-])cc1)n1ccnc1. The number of rotatable bonds is 6. The van der Waals surface area contributed by atoms with Gasteiger partial charge in [-0.15, -0.1) is 6.58 Å². The van der Waals surface area contributed by atoms with Crippen molar-refractivity contribution in [2.45, 2.75) is 12.6 Å². The minimum absolute atomic E-state index is 0.0830. The predicted molar refractivity (Wildman–Crippen MR) is 87.2 cm³/mol. The second kappa shape index (κ2) is 6.31. The first-order valence-corrected chi connectivity index (χ1v) is 7.18. The molecule has 0 fully saturated rings. The molecule has 1 atom stereocenters. The van der Waals surface area contributed by atoms with E-state index in [4.69, 9.17) is 0 Å². The Morgan fingerprint density at radius 3 is 2.65 bits per heavy atom. The number of hydrogen-bond acceptors (Lipinski definition) is 3. The van der Waals surface area contributed by atoms with Crippen LogP contribution in [-0.4, -0.2) is 19.0 Å². The number of aromatic nitrogens is 3. The van der Waals surface area contributed by atoms with Crippen LogP contribution in [-0.2, 0) is 6.54 Å². The van der Waals surface area contributed by atoms with Gasteiger partial charge in [-0.05, 0) is 29.8 Å². The zero-order valence-electron chi connectivity index (χ0n) is 12.4. The summed E-state index contributed by atoms with van der Waals surface area (Å²) in [5.41, 5.74) is 2.11. The number of nitrogens with zero attached hydrogens (tertiary/aromatic N) is 4. The minimum atomic E-state index is -0.392. The van der Waals surface area contributed by atoms with Gasteiger partial charge in [0.1, 0.15) is 0 Å². The van der Waals surface area contributed by atoms with Crippen LogP contribution < -0.4 is 0 Å². The van der Waals surface area contributed by atoms with Crippen LogP contribution >= 0.6 is 0 Å². The lowest BCUT2D eigenvalue weighted by atomic mass is 10.0. The molecule has 0 saturated carbocycles. The highest BCUT2D eigenvalue weighted by Crippen LogP contribution is 2.28. The molecule has 1 aromatic carbocycles. The molecular weight excluding hydrogens is 292 g/mol. The summed E-state index contributed by atoms with van der Waals surface area (Å²) in [6.45, 7) is 4.48. The molecule has 6 heteroatoms. The van der Waals surface area contributed by atoms with Crippen LogP contribution in [0.15, 0.2) is 74.0 Å². The van der Waals surface area contributed by atoms with Gasteiger partial charge in [-0.1, -0.05) is 6.08 Å². The molecule has 1 unspecified atom stereocenters. The van der Waals surface area contributed by atoms with Crippen molar-refractivity contribution in [3.8, 4) is 0 Å². The molecule has 0 spiro atoms. The molecule has 0 amide bonds. The van der Waals surface area contributed by atoms with Crippen LogP contribution in [0.25, 0.3) is 0 Å². The van der Waals surface area contributed by atoms with Gasteiger partial charge in [-0.3, -0.25) is 10.1 Å². The fraction of sp³-hybridized carbons (Fsp3) is 0.118. The van der Waals surface area contributed by atoms with Gasteiger partial charge in [0.05, 0.1) is 17.3 Å². The fourth-order valence-corrected chi connectivity index (χ4v) is 2.68. The van der Waals surface area contributed by atoms with Crippen molar-refractivity contribution in [2.75, 3.05) is 0 Å². The summed E-state index contributed by atoms with van der Waals surface area (Å²) in [4.78, 5) is 14.6. The minimum Gasteiger partial charge on any atom is -0.345 e. The quantitative estimate of drug-likeness (QED) is 0.398. The highest BCUT2D eigenvalue weighted by atomic mass is 16.6. The van der Waals surface area contributed by atoms with Crippen molar-refractivity contribution in [1.82, 2.24) is 14.1 Å². The Morgan fingerprint density at radius 1 is 1.26 bits per heavy atom. The molecule has 0 saturated heterocycles. The first kappa shape index (κ1) is 14.8. The Balaban J connectivity index is 2.07. The summed E-state index contributed by atoms with van der Waals surface area (Å²) in [5, 5.41) is 10.9. The number of non-ortho nitro benzene ring substituents is 1. The Labute approximate surface area is 133 Å². The molecule has 0 aliphatic carbocycles. The van der Waals surface area contributed by atoms with Crippen molar-refractivity contribution in [3.05, 3.63) is 95.3 Å². The summed E-state index contributed by atoms with van der Waals surface area (Å²) in [6.07, 6.45) is 9.18. The van der Waals surface area contributed by atoms with Gasteiger partial charge in [0, 0.05) is 43.0 Å². The van der Waals surface area contributed by atoms with Crippen molar-refractivity contribution >= 4 is 5.69 Å². The van der Waals surface area contributed by atoms with E-state index in [9.17, 15) is 10.1 Å². The first-order chi connectivity index (χ1) is 11.2. The summed E-state index contributed by atoms with van der Waals surface area (Å²) in [7, 11) is 0. The lowest BCUT2D eigenvalue weighted by Crippen LogP contribution is -2.15. The van der Waals surface area contributed by atoms with Crippen LogP contribution in [0.3, 0.4) is 0 Å². The van der Waals surface area contributed by atoms with E-state index in [-0.39, 0.29) is 11.7 Å². The number of allylic oxidation sites excluding steroid dienone is 1. The number of nitro groups is 1. The molecule has 116 valence electrons. The van der Waals surface area contributed by atoms with E-state index in [0.717, 1.165) is 11.3 Å². The molecular formula is C17H16N4O2. The van der Waals surface area contributed by atoms with Crippen LogP contribution in [0, 0.1) is 10.1 Å². The molecule has 23 heavy (non-hydrogen) atoms. The maximum Gasteiger partial charge on any atom is 0.269 e. The zero-order chi connectivity index (χ0) is 16.2. The third-order valence-electron chi connectivity index (χ3n) is 3.71. The van der Waals surface area contributed by atoms with Crippen LogP contribution in [0.2, 0.25) is 0 Å². The van der Waals surface area contributed by atoms with E-state index in [2.05, 4.69) is 16.1 Å². The predicted octanol–water partition coefficient (Wildman–Crippen LogP) is 3.42. The molecule has 0 radical (unpaired) electrons. The largest absolute Gasteiger partial charge is 0.345 e. The van der Waals surface area contributed by atoms with Gasteiger partial charge < -0.3 is 9.13 Å². The van der Waals surface area contributed by atoms with E-state index in [1.807, 2.05) is 35.2 Å². The summed E-state index contributed by atoms with van der Waals surface area (Å²) < 4.78 is 4.08. The fourth-order valence-electron chi connectivity index (χ4n) is 2.68. The van der Waals surface area contributed by atoms with Gasteiger partial charge in [-0.25, -0.2) is 4.98 Å². The van der Waals surface area contributed by atoms with Gasteiger partial charge in [0.2, 0.25) is 0 Å². The second-order valence-electron chi connectivity index (χ2n) is 5.14. The van der Waals surface area contributed by atoms with Crippen LogP contribution in [0.4, 0.5) is 5.69 Å². The topological polar surface area (TPSA) is 65.9 Å². The van der Waals surface area contributed by atoms with Gasteiger partial charge >= 0.3 is 0 Å². The van der Waals surface area contributed by atoms with E-state index in [1.165, 1.54) is 12.1 Å². The zero-order valence-corrected chi connectivity index (χ0v) is 12.4. The van der Waals surface area contributed by atoms with Crippen LogP contribution in [0.5, 0.6) is 0 Å². The van der Waals surface area contributed by atoms with Gasteiger partial charge in [0.25, 0.3) is 5.69 Å². The highest BCUT2D eigenvalue weighted by Gasteiger charge is 2.20. The molecule has 2 aromatic heterocycles. The molecule has 6 nitrogen and oxygen atoms in total. The summed E-state index contributed by atoms with van der Waals surface area (Å²) in [6, 6.07) is 10.5. The van der Waals surface area contributed by atoms with Crippen molar-refractivity contribution < 1.29 is 4.92 Å². The van der Waals surface area contributed by atoms with Crippen molar-refractivity contribution in [3.63, 3.8) is 0 Å². The van der Waals surface area contributed by atoms with Crippen LogP contribution in [0.1, 0.15) is 17.3 Å². The highest BCUT2D eigenvalue weighted by molar-refractivity contribution is 5.38. The Bertz CT molecular complexity index is 804. The lowest BCUT2D eigenvalue weighted by Gasteiger charge is -2.21. The lowest BCUT2D eigenvalue weighted by molar-refractivity contribution is -0.384. The first-order valence-electron chi connectivity index (χ1n) is 7.18. The number of benzene rings is 1. The van der Waals surface area contributed by atoms with E-state index >= 15 is 0 Å². The van der Waals surface area contributed by atoms with E-state index in [0.29, 0.717) is 6.54 Å². The molecule has 0 aliphatic rings. The summed E-state index contributed by atoms with van der Waals surface area (Å²) in [5.74, 6) is 0. The molecule has 3 rings (SSSR count). The second-order valence-corrected chi connectivity index (χ2v) is 5.14. The monoisotopic (exact) mass is 308 g/mol. The van der Waals surface area contributed by atoms with E-state index < -0.39 is 4.92 Å². The standard InChI is InChI=1S/C17H16N4O2/c1-2-10-19-11-3-4-16(19)17(20-12-9-18-13-20)14-5-7-15(8-6-14)21(22)23/h2-9,11-13,17H,1,10H2. The Kier molecular flexibility index (Phi) is 4.05. The normalized spacial score (nSPS) is 12.0. The Hall–Kier alpha value is -3.15. The average molecular weight is 308 g/mol. The smallest absolute Gasteiger partial charge is 0.269 e. The maximum absolute atomic E-state index is 10.9. The molecule has 0 bridgehead atoms. The number of hydrogen-bond donors (Lipinski definition) is 0. The molecule has 0 N–H and O–H groups in total. The third-order valence-corrected chi connectivity index (χ3v) is 3.71. The molecule has 3 aromatic rings. The van der Waals surface area contributed by atoms with E-state index in [1.54, 1.807) is 24.7 Å². The molecule has 0 aliphatic heterocycles. The third kappa shape index (κ3) is 2.91. The van der Waals surface area contributed by atoms with Gasteiger partial charge in [0.15, 0.2) is 0 Å². The van der Waals surface area contributed by atoms with Crippen molar-refractivity contribution in [1.29, 1.82) is 0 Å².